The highest BCUT2D eigenvalue weighted by atomic mass is 35.5. The number of nitrogens with one attached hydrogen (secondary N) is 6. The maximum Gasteiger partial charge on any atom is 0.255 e. The Labute approximate surface area is 414 Å². The molecule has 4 atom stereocenters. The standard InChI is InChI=1S/C51H54Cl2FN7O9/c52-31-12-15-36-39(28-31)58-49(67)51(36)42(34-7-4-8-37(53)43(34)54)44(60-50(51)18-2-1-3-19-50)47(65)57-32-13-10-30(11-14-32)45(63)56-21-23-69-25-27-70-26-24-68-22-20-55-38-9-5-6-33-35(38)29-61(48(33)66)40-16-17-41(62)59-46(40)64/h4-15,28,40,42,44,55,60H,1-3,16-27,29H2,(H,56,63)(H,57,65)(H,58,67)(H,59,62,64)/t40?,42-,44+,51+/m0/s1. The van der Waals surface area contributed by atoms with Crippen molar-refractivity contribution in [1.82, 2.24) is 20.9 Å². The fourth-order valence-electron chi connectivity index (χ4n) is 11.0. The highest BCUT2D eigenvalue weighted by Crippen LogP contribution is 2.63. The van der Waals surface area contributed by atoms with E-state index in [0.29, 0.717) is 91.9 Å². The summed E-state index contributed by atoms with van der Waals surface area (Å²) in [5.74, 6) is -3.79. The van der Waals surface area contributed by atoms with Gasteiger partial charge in [-0.1, -0.05) is 66.7 Å². The Bertz CT molecular complexity index is 2690. The summed E-state index contributed by atoms with van der Waals surface area (Å²) in [4.78, 5) is 80.7. The zero-order chi connectivity index (χ0) is 49.0. The number of anilines is 3. The van der Waals surface area contributed by atoms with E-state index in [-0.39, 0.29) is 60.3 Å². The topological polar surface area (TPSA) is 206 Å². The summed E-state index contributed by atoms with van der Waals surface area (Å²) in [6.45, 7) is 3.04. The molecular weight excluding hydrogens is 945 g/mol. The first-order valence-electron chi connectivity index (χ1n) is 23.7. The Morgan fingerprint density at radius 1 is 0.814 bits per heavy atom. The number of hydrogen-bond donors (Lipinski definition) is 6. The Hall–Kier alpha value is -5.95. The third-order valence-corrected chi connectivity index (χ3v) is 14.7. The second-order valence-electron chi connectivity index (χ2n) is 18.2. The fraction of sp³-hybridized carbons (Fsp3) is 0.412. The number of benzene rings is 4. The van der Waals surface area contributed by atoms with Gasteiger partial charge in [-0.3, -0.25) is 39.4 Å². The smallest absolute Gasteiger partial charge is 0.255 e. The molecule has 70 heavy (non-hydrogen) atoms. The highest BCUT2D eigenvalue weighted by molar-refractivity contribution is 6.31. The molecule has 16 nitrogen and oxygen atoms in total. The SMILES string of the molecule is O=C1CCC(N2Cc3c(NCCOCCOCCOCCNC(=O)c4ccc(NC(=O)[C@@H]5NC6(CCCCC6)[C@@]6(C(=O)Nc7cc(Cl)ccc76)[C@H]5c5cccc(Cl)c5F)cc4)cccc3C2=O)C(=O)N1. The van der Waals surface area contributed by atoms with E-state index >= 15 is 4.39 Å². The molecule has 6 N–H and O–H groups in total. The molecule has 0 aromatic heterocycles. The van der Waals surface area contributed by atoms with Gasteiger partial charge in [0.1, 0.15) is 17.3 Å². The van der Waals surface area contributed by atoms with Crippen LogP contribution < -0.4 is 31.9 Å². The third kappa shape index (κ3) is 9.50. The lowest BCUT2D eigenvalue weighted by molar-refractivity contribution is -0.137. The summed E-state index contributed by atoms with van der Waals surface area (Å²) in [6.07, 6.45) is 4.28. The molecular formula is C51H54Cl2FN7O9. The van der Waals surface area contributed by atoms with Crippen molar-refractivity contribution in [3.63, 3.8) is 0 Å². The van der Waals surface area contributed by atoms with Gasteiger partial charge in [-0.25, -0.2) is 4.39 Å². The van der Waals surface area contributed by atoms with Crippen molar-refractivity contribution in [3.05, 3.63) is 123 Å². The van der Waals surface area contributed by atoms with Crippen LogP contribution in [-0.2, 0) is 45.3 Å². The lowest BCUT2D eigenvalue weighted by Gasteiger charge is -2.47. The molecule has 2 saturated heterocycles. The molecule has 1 saturated carbocycles. The number of carbonyl (C=O) groups is 6. The summed E-state index contributed by atoms with van der Waals surface area (Å²) >= 11 is 12.8. The second-order valence-corrected chi connectivity index (χ2v) is 19.0. The molecule has 9 rings (SSSR count). The zero-order valence-corrected chi connectivity index (χ0v) is 39.8. The Kier molecular flexibility index (Phi) is 14.8. The van der Waals surface area contributed by atoms with E-state index < -0.39 is 46.6 Å². The van der Waals surface area contributed by atoms with Crippen LogP contribution in [0.25, 0.3) is 0 Å². The van der Waals surface area contributed by atoms with Crippen LogP contribution in [0.2, 0.25) is 10.0 Å². The molecule has 3 fully saturated rings. The summed E-state index contributed by atoms with van der Waals surface area (Å²) in [5.41, 5.74) is 2.03. The number of hydrogen-bond acceptors (Lipinski definition) is 11. The van der Waals surface area contributed by atoms with Crippen molar-refractivity contribution in [3.8, 4) is 0 Å². The van der Waals surface area contributed by atoms with E-state index in [9.17, 15) is 28.8 Å². The van der Waals surface area contributed by atoms with Crippen molar-refractivity contribution >= 4 is 75.7 Å². The van der Waals surface area contributed by atoms with Crippen molar-refractivity contribution in [2.45, 2.75) is 80.4 Å². The number of fused-ring (bicyclic) bond motifs is 4. The van der Waals surface area contributed by atoms with Gasteiger partial charge in [0.15, 0.2) is 0 Å². The molecule has 6 amide bonds. The van der Waals surface area contributed by atoms with E-state index in [1.54, 1.807) is 60.7 Å². The minimum atomic E-state index is -1.36. The van der Waals surface area contributed by atoms with E-state index in [2.05, 4.69) is 31.9 Å². The summed E-state index contributed by atoms with van der Waals surface area (Å²) in [5, 5.41) is 18.4. The van der Waals surface area contributed by atoms with Gasteiger partial charge in [-0.15, -0.1) is 0 Å². The van der Waals surface area contributed by atoms with Crippen LogP contribution in [0, 0.1) is 5.82 Å². The van der Waals surface area contributed by atoms with Crippen LogP contribution in [0.5, 0.6) is 0 Å². The molecule has 4 heterocycles. The number of halogens is 3. The molecule has 5 aliphatic rings. The molecule has 4 aliphatic heterocycles. The quantitative estimate of drug-likeness (QED) is 0.0499. The Balaban J connectivity index is 0.703. The summed E-state index contributed by atoms with van der Waals surface area (Å²) < 4.78 is 33.2. The first-order chi connectivity index (χ1) is 33.9. The maximum atomic E-state index is 16.2. The average Bonchev–Trinajstić information content (AvgIpc) is 3.95. The number of piperidine rings is 1. The molecule has 1 aliphatic carbocycles. The molecule has 368 valence electrons. The molecule has 0 bridgehead atoms. The minimum absolute atomic E-state index is 0.111. The summed E-state index contributed by atoms with van der Waals surface area (Å²) in [7, 11) is 0. The molecule has 0 radical (unpaired) electrons. The molecule has 4 aromatic rings. The van der Waals surface area contributed by atoms with Crippen LogP contribution >= 0.6 is 23.2 Å². The normalized spacial score (nSPS) is 22.2. The maximum absolute atomic E-state index is 16.2. The summed E-state index contributed by atoms with van der Waals surface area (Å²) in [6, 6.07) is 20.0. The molecule has 19 heteroatoms. The van der Waals surface area contributed by atoms with Crippen LogP contribution in [0.1, 0.15) is 88.3 Å². The van der Waals surface area contributed by atoms with Crippen LogP contribution in [-0.4, -0.2) is 111 Å². The van der Waals surface area contributed by atoms with Gasteiger partial charge >= 0.3 is 0 Å². The predicted octanol–water partition coefficient (Wildman–Crippen LogP) is 6.07. The van der Waals surface area contributed by atoms with Crippen LogP contribution in [0.4, 0.5) is 21.5 Å². The largest absolute Gasteiger partial charge is 0.382 e. The lowest BCUT2D eigenvalue weighted by Crippen LogP contribution is -2.60. The number of amides is 6. The van der Waals surface area contributed by atoms with Gasteiger partial charge in [-0.2, -0.15) is 0 Å². The monoisotopic (exact) mass is 997 g/mol. The average molecular weight is 999 g/mol. The van der Waals surface area contributed by atoms with Gasteiger partial charge in [0.05, 0.1) is 50.7 Å². The van der Waals surface area contributed by atoms with Crippen LogP contribution in [0.3, 0.4) is 0 Å². The van der Waals surface area contributed by atoms with Gasteiger partial charge in [0.2, 0.25) is 23.6 Å². The number of rotatable bonds is 18. The number of carbonyl (C=O) groups excluding carboxylic acids is 6. The van der Waals surface area contributed by atoms with E-state index in [1.807, 2.05) is 12.1 Å². The van der Waals surface area contributed by atoms with Gasteiger partial charge < -0.3 is 40.4 Å². The van der Waals surface area contributed by atoms with Crippen molar-refractivity contribution < 1.29 is 47.4 Å². The van der Waals surface area contributed by atoms with Gasteiger partial charge in [-0.05, 0) is 85.0 Å². The molecule has 1 unspecified atom stereocenters. The number of nitrogens with zero attached hydrogens (tertiary/aromatic N) is 1. The predicted molar refractivity (Wildman–Crippen MR) is 259 cm³/mol. The second kappa shape index (κ2) is 21.2. The van der Waals surface area contributed by atoms with E-state index in [4.69, 9.17) is 37.4 Å². The Morgan fingerprint density at radius 2 is 1.53 bits per heavy atom. The fourth-order valence-corrected chi connectivity index (χ4v) is 11.4. The lowest BCUT2D eigenvalue weighted by atomic mass is 9.55. The number of imide groups is 1. The van der Waals surface area contributed by atoms with Crippen molar-refractivity contribution in [2.75, 3.05) is 68.7 Å². The highest BCUT2D eigenvalue weighted by Gasteiger charge is 2.72. The van der Waals surface area contributed by atoms with Gasteiger partial charge in [0.25, 0.3) is 11.8 Å². The van der Waals surface area contributed by atoms with Crippen LogP contribution in [0.15, 0.2) is 78.9 Å². The van der Waals surface area contributed by atoms with Crippen molar-refractivity contribution in [2.24, 2.45) is 0 Å². The first kappa shape index (κ1) is 49.0. The number of ether oxygens (including phenoxy) is 3. The zero-order valence-electron chi connectivity index (χ0n) is 38.3. The third-order valence-electron chi connectivity index (χ3n) is 14.1. The molecule has 2 spiro atoms. The van der Waals surface area contributed by atoms with E-state index in [0.717, 1.165) is 30.5 Å². The Morgan fingerprint density at radius 3 is 2.27 bits per heavy atom. The minimum Gasteiger partial charge on any atom is -0.382 e. The van der Waals surface area contributed by atoms with Crippen molar-refractivity contribution in [1.29, 1.82) is 0 Å². The first-order valence-corrected chi connectivity index (χ1v) is 24.4. The van der Waals surface area contributed by atoms with E-state index in [1.165, 1.54) is 11.0 Å². The van der Waals surface area contributed by atoms with Gasteiger partial charge in [0, 0.05) is 76.3 Å². The molecule has 4 aromatic carbocycles.